The average Bonchev–Trinajstić information content (AvgIpc) is 2.67. The molecular weight excluding hydrogens is 286 g/mol. The van der Waals surface area contributed by atoms with Gasteiger partial charge in [-0.05, 0) is 22.0 Å². The molecule has 1 aromatic heterocycles. The van der Waals surface area contributed by atoms with Crippen molar-refractivity contribution in [2.75, 3.05) is 13.7 Å². The van der Waals surface area contributed by atoms with E-state index in [-0.39, 0.29) is 0 Å². The minimum Gasteiger partial charge on any atom is -0.478 e. The van der Waals surface area contributed by atoms with Crippen LogP contribution in [0.4, 0.5) is 0 Å². The van der Waals surface area contributed by atoms with Gasteiger partial charge >= 0.3 is 5.97 Å². The highest BCUT2D eigenvalue weighted by atomic mass is 79.9. The number of hydrogen-bond acceptors (Lipinski definition) is 2. The number of para-hydroxylation sites is 1. The summed E-state index contributed by atoms with van der Waals surface area (Å²) in [5, 5.41) is 9.89. The maximum Gasteiger partial charge on any atom is 0.337 e. The van der Waals surface area contributed by atoms with Gasteiger partial charge in [-0.15, -0.1) is 0 Å². The molecular formula is C12H12BrNO3. The van der Waals surface area contributed by atoms with Crippen molar-refractivity contribution in [3.63, 3.8) is 0 Å². The van der Waals surface area contributed by atoms with Crippen LogP contribution >= 0.6 is 15.9 Å². The Balaban J connectivity index is 2.63. The molecule has 0 aliphatic heterocycles. The zero-order chi connectivity index (χ0) is 12.4. The van der Waals surface area contributed by atoms with Gasteiger partial charge in [0.25, 0.3) is 0 Å². The van der Waals surface area contributed by atoms with E-state index >= 15 is 0 Å². The van der Waals surface area contributed by atoms with E-state index in [1.54, 1.807) is 13.3 Å². The Kier molecular flexibility index (Phi) is 3.49. The molecule has 0 bridgehead atoms. The second kappa shape index (κ2) is 4.89. The Hall–Kier alpha value is -1.33. The first-order valence-electron chi connectivity index (χ1n) is 5.14. The van der Waals surface area contributed by atoms with Gasteiger partial charge in [0, 0.05) is 29.7 Å². The fourth-order valence-electron chi connectivity index (χ4n) is 1.85. The molecule has 2 rings (SSSR count). The van der Waals surface area contributed by atoms with Crippen molar-refractivity contribution in [3.05, 3.63) is 34.4 Å². The lowest BCUT2D eigenvalue weighted by Gasteiger charge is -2.05. The number of carboxylic acids is 1. The molecule has 0 amide bonds. The van der Waals surface area contributed by atoms with Crippen LogP contribution in [0, 0.1) is 0 Å². The number of rotatable bonds is 4. The number of aromatic carboxylic acids is 1. The lowest BCUT2D eigenvalue weighted by atomic mass is 10.2. The van der Waals surface area contributed by atoms with E-state index < -0.39 is 5.97 Å². The van der Waals surface area contributed by atoms with E-state index in [4.69, 9.17) is 9.84 Å². The van der Waals surface area contributed by atoms with Crippen LogP contribution in [0.5, 0.6) is 0 Å². The van der Waals surface area contributed by atoms with Crippen LogP contribution in [-0.4, -0.2) is 29.4 Å². The lowest BCUT2D eigenvalue weighted by molar-refractivity contribution is 0.0698. The molecule has 0 aliphatic rings. The summed E-state index contributed by atoms with van der Waals surface area (Å²) in [5.74, 6) is -0.913. The van der Waals surface area contributed by atoms with Crippen molar-refractivity contribution in [2.24, 2.45) is 0 Å². The van der Waals surface area contributed by atoms with Gasteiger partial charge in [-0.2, -0.15) is 0 Å². The largest absolute Gasteiger partial charge is 0.478 e. The summed E-state index contributed by atoms with van der Waals surface area (Å²) in [6.07, 6.45) is 1.65. The van der Waals surface area contributed by atoms with E-state index in [1.807, 2.05) is 22.8 Å². The van der Waals surface area contributed by atoms with Crippen LogP contribution in [0.2, 0.25) is 0 Å². The van der Waals surface area contributed by atoms with Gasteiger partial charge in [0.05, 0.1) is 17.7 Å². The van der Waals surface area contributed by atoms with E-state index in [9.17, 15) is 4.79 Å². The molecule has 90 valence electrons. The highest BCUT2D eigenvalue weighted by molar-refractivity contribution is 9.10. The number of halogens is 1. The molecule has 0 spiro atoms. The van der Waals surface area contributed by atoms with Crippen LogP contribution in [0.3, 0.4) is 0 Å². The second-order valence-electron chi connectivity index (χ2n) is 3.67. The maximum atomic E-state index is 11.2. The van der Waals surface area contributed by atoms with E-state index in [0.29, 0.717) is 18.7 Å². The summed E-state index contributed by atoms with van der Waals surface area (Å²) in [7, 11) is 1.62. The van der Waals surface area contributed by atoms with Crippen molar-refractivity contribution in [2.45, 2.75) is 6.54 Å². The number of carboxylic acid groups (broad SMARTS) is 1. The maximum absolute atomic E-state index is 11.2. The van der Waals surface area contributed by atoms with E-state index in [0.717, 1.165) is 15.4 Å². The van der Waals surface area contributed by atoms with Crippen LogP contribution < -0.4 is 0 Å². The van der Waals surface area contributed by atoms with Gasteiger partial charge < -0.3 is 14.4 Å². The number of methoxy groups -OCH3 is 1. The molecule has 17 heavy (non-hydrogen) atoms. The van der Waals surface area contributed by atoms with Gasteiger partial charge in [-0.1, -0.05) is 12.1 Å². The van der Waals surface area contributed by atoms with Crippen LogP contribution in [0.25, 0.3) is 10.9 Å². The third kappa shape index (κ3) is 2.21. The minimum atomic E-state index is -0.913. The zero-order valence-corrected chi connectivity index (χ0v) is 10.9. The Morgan fingerprint density at radius 1 is 1.53 bits per heavy atom. The molecule has 0 saturated carbocycles. The summed E-state index contributed by atoms with van der Waals surface area (Å²) < 4.78 is 7.80. The molecule has 4 nitrogen and oxygen atoms in total. The normalized spacial score (nSPS) is 10.9. The molecule has 1 N–H and O–H groups in total. The number of nitrogens with zero attached hydrogens (tertiary/aromatic N) is 1. The topological polar surface area (TPSA) is 51.5 Å². The zero-order valence-electron chi connectivity index (χ0n) is 9.31. The Bertz CT molecular complexity index is 562. The van der Waals surface area contributed by atoms with E-state index in [2.05, 4.69) is 15.9 Å². The number of carbonyl (C=O) groups is 1. The van der Waals surface area contributed by atoms with Crippen molar-refractivity contribution >= 4 is 32.8 Å². The van der Waals surface area contributed by atoms with Crippen LogP contribution in [0.1, 0.15) is 10.4 Å². The predicted octanol–water partition coefficient (Wildman–Crippen LogP) is 2.75. The SMILES string of the molecule is COCCn1cc(C(=O)O)c2cccc(Br)c21. The minimum absolute atomic E-state index is 0.317. The summed E-state index contributed by atoms with van der Waals surface area (Å²) in [6, 6.07) is 5.55. The standard InChI is InChI=1S/C12H12BrNO3/c1-17-6-5-14-7-9(12(15)16)8-3-2-4-10(13)11(8)14/h2-4,7H,5-6H2,1H3,(H,15,16). The van der Waals surface area contributed by atoms with Crippen molar-refractivity contribution in [3.8, 4) is 0 Å². The molecule has 0 fully saturated rings. The number of hydrogen-bond donors (Lipinski definition) is 1. The number of aromatic nitrogens is 1. The molecule has 0 aliphatic carbocycles. The monoisotopic (exact) mass is 297 g/mol. The fraction of sp³-hybridized carbons (Fsp3) is 0.250. The highest BCUT2D eigenvalue weighted by Gasteiger charge is 2.15. The number of fused-ring (bicyclic) bond motifs is 1. The van der Waals surface area contributed by atoms with Crippen molar-refractivity contribution in [1.29, 1.82) is 0 Å². The predicted molar refractivity (Wildman–Crippen MR) is 68.5 cm³/mol. The molecule has 2 aromatic rings. The Labute approximate surface area is 107 Å². The van der Waals surface area contributed by atoms with Gasteiger partial charge in [0.15, 0.2) is 0 Å². The third-order valence-corrected chi connectivity index (χ3v) is 3.26. The average molecular weight is 298 g/mol. The molecule has 5 heteroatoms. The first-order chi connectivity index (χ1) is 8.15. The fourth-order valence-corrected chi connectivity index (χ4v) is 2.44. The summed E-state index contributed by atoms with van der Waals surface area (Å²) in [6.45, 7) is 1.17. The van der Waals surface area contributed by atoms with Crippen molar-refractivity contribution in [1.82, 2.24) is 4.57 Å². The third-order valence-electron chi connectivity index (χ3n) is 2.62. The number of ether oxygens (including phenoxy) is 1. The highest BCUT2D eigenvalue weighted by Crippen LogP contribution is 2.28. The van der Waals surface area contributed by atoms with Crippen molar-refractivity contribution < 1.29 is 14.6 Å². The van der Waals surface area contributed by atoms with Gasteiger partial charge in [-0.25, -0.2) is 4.79 Å². The summed E-state index contributed by atoms with van der Waals surface area (Å²) >= 11 is 3.45. The molecule has 1 aromatic carbocycles. The molecule has 0 saturated heterocycles. The first kappa shape index (κ1) is 12.1. The number of benzene rings is 1. The second-order valence-corrected chi connectivity index (χ2v) is 4.52. The summed E-state index contributed by atoms with van der Waals surface area (Å²) in [5.41, 5.74) is 1.21. The van der Waals surface area contributed by atoms with Gasteiger partial charge in [0.2, 0.25) is 0 Å². The smallest absolute Gasteiger partial charge is 0.337 e. The lowest BCUT2D eigenvalue weighted by Crippen LogP contribution is -2.03. The van der Waals surface area contributed by atoms with Gasteiger partial charge in [-0.3, -0.25) is 0 Å². The Morgan fingerprint density at radius 2 is 2.29 bits per heavy atom. The first-order valence-corrected chi connectivity index (χ1v) is 5.94. The van der Waals surface area contributed by atoms with Crippen LogP contribution in [0.15, 0.2) is 28.9 Å². The van der Waals surface area contributed by atoms with E-state index in [1.165, 1.54) is 0 Å². The van der Waals surface area contributed by atoms with Gasteiger partial charge in [0.1, 0.15) is 0 Å². The summed E-state index contributed by atoms with van der Waals surface area (Å²) in [4.78, 5) is 11.2. The molecule has 0 unspecified atom stereocenters. The molecule has 0 atom stereocenters. The Morgan fingerprint density at radius 3 is 2.94 bits per heavy atom. The quantitative estimate of drug-likeness (QED) is 0.944. The van der Waals surface area contributed by atoms with Crippen LogP contribution in [-0.2, 0) is 11.3 Å². The molecule has 1 heterocycles. The molecule has 0 radical (unpaired) electrons.